The van der Waals surface area contributed by atoms with Crippen molar-refractivity contribution in [3.8, 4) is 0 Å². The molecule has 0 N–H and O–H groups in total. The summed E-state index contributed by atoms with van der Waals surface area (Å²) in [5.41, 5.74) is 2.54. The Bertz CT molecular complexity index is 484. The van der Waals surface area contributed by atoms with E-state index in [1.54, 1.807) is 20.3 Å². The molecule has 0 saturated heterocycles. The van der Waals surface area contributed by atoms with Gasteiger partial charge in [0.1, 0.15) is 0 Å². The average molecular weight is 280 g/mol. The Hall–Kier alpha value is -1.17. The van der Waals surface area contributed by atoms with Crippen LogP contribution in [0.25, 0.3) is 0 Å². The molecule has 0 atom stereocenters. The summed E-state index contributed by atoms with van der Waals surface area (Å²) in [6.45, 7) is 4.92. The molecule has 1 aromatic heterocycles. The number of hydrogen-bond donors (Lipinski definition) is 0. The lowest BCUT2D eigenvalue weighted by atomic mass is 10.1. The molecule has 5 heteroatoms. The molecule has 0 unspecified atom stereocenters. The zero-order chi connectivity index (χ0) is 14.4. The van der Waals surface area contributed by atoms with Gasteiger partial charge in [0.15, 0.2) is 0 Å². The van der Waals surface area contributed by atoms with Crippen LogP contribution in [0.15, 0.2) is 16.9 Å². The van der Waals surface area contributed by atoms with Crippen LogP contribution in [0.4, 0.5) is 0 Å². The molecule has 0 amide bonds. The number of ether oxygens (including phenoxy) is 2. The third kappa shape index (κ3) is 3.69. The van der Waals surface area contributed by atoms with Crippen molar-refractivity contribution in [3.05, 3.63) is 33.7 Å². The highest BCUT2D eigenvalue weighted by molar-refractivity contribution is 5.23. The second-order valence-electron chi connectivity index (χ2n) is 5.12. The van der Waals surface area contributed by atoms with Gasteiger partial charge in [-0.05, 0) is 12.0 Å². The molecule has 0 radical (unpaired) electrons. The smallest absolute Gasteiger partial charge is 0.250 e. The standard InChI is InChI=1S/C15H24N2O3/c1-19-11-9-16-7-5-13-3-4-15(18)17(10-12-20-2)14(13)6-8-16/h3-4H,5-12H2,1-2H3. The van der Waals surface area contributed by atoms with Gasteiger partial charge in [-0.15, -0.1) is 0 Å². The third-order valence-electron chi connectivity index (χ3n) is 3.88. The average Bonchev–Trinajstić information content (AvgIpc) is 2.67. The maximum atomic E-state index is 12.0. The summed E-state index contributed by atoms with van der Waals surface area (Å²) in [6.07, 6.45) is 1.91. The summed E-state index contributed by atoms with van der Waals surface area (Å²) in [7, 11) is 3.40. The first-order valence-corrected chi connectivity index (χ1v) is 7.18. The lowest BCUT2D eigenvalue weighted by Crippen LogP contribution is -2.30. The maximum Gasteiger partial charge on any atom is 0.250 e. The van der Waals surface area contributed by atoms with E-state index < -0.39 is 0 Å². The quantitative estimate of drug-likeness (QED) is 0.763. The normalized spacial score (nSPS) is 15.9. The Morgan fingerprint density at radius 1 is 1.05 bits per heavy atom. The molecular formula is C15H24N2O3. The molecule has 20 heavy (non-hydrogen) atoms. The topological polar surface area (TPSA) is 43.7 Å². The van der Waals surface area contributed by atoms with Crippen molar-refractivity contribution in [1.82, 2.24) is 9.47 Å². The van der Waals surface area contributed by atoms with E-state index in [0.29, 0.717) is 13.2 Å². The first-order chi connectivity index (χ1) is 9.76. The molecule has 112 valence electrons. The molecule has 0 aromatic carbocycles. The SMILES string of the molecule is COCCN1CCc2ccc(=O)n(CCOC)c2CC1. The highest BCUT2D eigenvalue weighted by atomic mass is 16.5. The van der Waals surface area contributed by atoms with Crippen LogP contribution in [-0.4, -0.2) is 56.5 Å². The molecule has 0 spiro atoms. The van der Waals surface area contributed by atoms with Crippen molar-refractivity contribution in [1.29, 1.82) is 0 Å². The minimum absolute atomic E-state index is 0.0751. The summed E-state index contributed by atoms with van der Waals surface area (Å²) >= 11 is 0. The Kier molecular flexibility index (Phi) is 5.76. The second kappa shape index (κ2) is 7.57. The van der Waals surface area contributed by atoms with Crippen LogP contribution in [0.1, 0.15) is 11.3 Å². The van der Waals surface area contributed by atoms with Crippen LogP contribution in [0, 0.1) is 0 Å². The lowest BCUT2D eigenvalue weighted by molar-refractivity contribution is 0.150. The molecule has 0 aliphatic carbocycles. The van der Waals surface area contributed by atoms with Crippen LogP contribution in [0.5, 0.6) is 0 Å². The van der Waals surface area contributed by atoms with Gasteiger partial charge in [0.25, 0.3) is 5.56 Å². The monoisotopic (exact) mass is 280 g/mol. The predicted octanol–water partition coefficient (Wildman–Crippen LogP) is 0.542. The van der Waals surface area contributed by atoms with Crippen molar-refractivity contribution in [3.63, 3.8) is 0 Å². The molecule has 0 fully saturated rings. The molecule has 1 aromatic rings. The fourth-order valence-corrected chi connectivity index (χ4v) is 2.71. The van der Waals surface area contributed by atoms with Crippen LogP contribution in [0.3, 0.4) is 0 Å². The van der Waals surface area contributed by atoms with Gasteiger partial charge in [-0.1, -0.05) is 6.07 Å². The second-order valence-corrected chi connectivity index (χ2v) is 5.12. The number of fused-ring (bicyclic) bond motifs is 1. The van der Waals surface area contributed by atoms with Gasteiger partial charge in [-0.25, -0.2) is 0 Å². The Balaban J connectivity index is 2.15. The number of hydrogen-bond acceptors (Lipinski definition) is 4. The number of pyridine rings is 1. The first kappa shape index (κ1) is 15.2. The van der Waals surface area contributed by atoms with Gasteiger partial charge >= 0.3 is 0 Å². The van der Waals surface area contributed by atoms with E-state index in [2.05, 4.69) is 4.90 Å². The van der Waals surface area contributed by atoms with E-state index in [9.17, 15) is 4.79 Å². The molecule has 1 aliphatic rings. The summed E-state index contributed by atoms with van der Waals surface area (Å²) in [5, 5.41) is 0. The summed E-state index contributed by atoms with van der Waals surface area (Å²) in [6, 6.07) is 3.67. The summed E-state index contributed by atoms with van der Waals surface area (Å²) < 4.78 is 12.1. The van der Waals surface area contributed by atoms with Crippen LogP contribution < -0.4 is 5.56 Å². The van der Waals surface area contributed by atoms with Gasteiger partial charge < -0.3 is 18.9 Å². The molecule has 0 bridgehead atoms. The van der Waals surface area contributed by atoms with Gasteiger partial charge in [0.2, 0.25) is 0 Å². The fourth-order valence-electron chi connectivity index (χ4n) is 2.71. The number of methoxy groups -OCH3 is 2. The van der Waals surface area contributed by atoms with Crippen molar-refractivity contribution in [2.45, 2.75) is 19.4 Å². The van der Waals surface area contributed by atoms with E-state index in [0.717, 1.165) is 39.1 Å². The summed E-state index contributed by atoms with van der Waals surface area (Å²) in [4.78, 5) is 14.4. The van der Waals surface area contributed by atoms with E-state index in [1.165, 1.54) is 11.3 Å². The third-order valence-corrected chi connectivity index (χ3v) is 3.88. The zero-order valence-corrected chi connectivity index (χ0v) is 12.4. The summed E-state index contributed by atoms with van der Waals surface area (Å²) in [5.74, 6) is 0. The van der Waals surface area contributed by atoms with Crippen LogP contribution in [-0.2, 0) is 28.9 Å². The van der Waals surface area contributed by atoms with Crippen molar-refractivity contribution >= 4 is 0 Å². The van der Waals surface area contributed by atoms with Gasteiger partial charge in [0, 0.05) is 58.6 Å². The fraction of sp³-hybridized carbons (Fsp3) is 0.667. The van der Waals surface area contributed by atoms with Crippen LogP contribution >= 0.6 is 0 Å². The van der Waals surface area contributed by atoms with E-state index >= 15 is 0 Å². The lowest BCUT2D eigenvalue weighted by Gasteiger charge is -2.18. The number of nitrogens with zero attached hydrogens (tertiary/aromatic N) is 2. The van der Waals surface area contributed by atoms with Gasteiger partial charge in [-0.3, -0.25) is 4.79 Å². The van der Waals surface area contributed by atoms with E-state index in [4.69, 9.17) is 9.47 Å². The van der Waals surface area contributed by atoms with Crippen molar-refractivity contribution < 1.29 is 9.47 Å². The number of aromatic nitrogens is 1. The van der Waals surface area contributed by atoms with Crippen molar-refractivity contribution in [2.24, 2.45) is 0 Å². The molecule has 2 heterocycles. The van der Waals surface area contributed by atoms with Gasteiger partial charge in [-0.2, -0.15) is 0 Å². The number of rotatable bonds is 6. The molecule has 2 rings (SSSR count). The highest BCUT2D eigenvalue weighted by Gasteiger charge is 2.17. The Morgan fingerprint density at radius 2 is 1.75 bits per heavy atom. The Labute approximate surface area is 120 Å². The van der Waals surface area contributed by atoms with Crippen molar-refractivity contribution in [2.75, 3.05) is 47.1 Å². The molecule has 5 nitrogen and oxygen atoms in total. The molecule has 0 saturated carbocycles. The molecule has 1 aliphatic heterocycles. The zero-order valence-electron chi connectivity index (χ0n) is 12.4. The minimum atomic E-state index is 0.0751. The highest BCUT2D eigenvalue weighted by Crippen LogP contribution is 2.14. The maximum absolute atomic E-state index is 12.0. The van der Waals surface area contributed by atoms with Crippen LogP contribution in [0.2, 0.25) is 0 Å². The van der Waals surface area contributed by atoms with Gasteiger partial charge in [0.05, 0.1) is 13.2 Å². The predicted molar refractivity (Wildman–Crippen MR) is 78.3 cm³/mol. The largest absolute Gasteiger partial charge is 0.383 e. The van der Waals surface area contributed by atoms with E-state index in [-0.39, 0.29) is 5.56 Å². The minimum Gasteiger partial charge on any atom is -0.383 e. The van der Waals surface area contributed by atoms with E-state index in [1.807, 2.05) is 10.6 Å². The molecular weight excluding hydrogens is 256 g/mol. The first-order valence-electron chi connectivity index (χ1n) is 7.18. The Morgan fingerprint density at radius 3 is 2.50 bits per heavy atom.